The second-order valence-electron chi connectivity index (χ2n) is 8.23. The number of anilines is 1. The molecule has 0 saturated carbocycles. The van der Waals surface area contributed by atoms with Crippen molar-refractivity contribution in [1.82, 2.24) is 10.2 Å². The maximum atomic E-state index is 13.9. The third-order valence-electron chi connectivity index (χ3n) is 6.37. The Kier molecular flexibility index (Phi) is 6.11. The van der Waals surface area contributed by atoms with Gasteiger partial charge in [0.1, 0.15) is 12.4 Å². The van der Waals surface area contributed by atoms with Crippen molar-refractivity contribution in [3.8, 4) is 0 Å². The molecule has 164 valence electrons. The van der Waals surface area contributed by atoms with Gasteiger partial charge in [0.2, 0.25) is 0 Å². The molecule has 0 unspecified atom stereocenters. The van der Waals surface area contributed by atoms with Crippen LogP contribution in [0.4, 0.5) is 14.9 Å². The van der Waals surface area contributed by atoms with Crippen molar-refractivity contribution in [2.45, 2.75) is 25.8 Å². The number of hydrogen-bond donors (Lipinski definition) is 1. The van der Waals surface area contributed by atoms with Gasteiger partial charge in [-0.25, -0.2) is 9.18 Å². The van der Waals surface area contributed by atoms with Gasteiger partial charge in [-0.15, -0.1) is 0 Å². The number of carbonyl (C=O) groups excluding carboxylic acids is 2. The van der Waals surface area contributed by atoms with Crippen LogP contribution in [0.3, 0.4) is 0 Å². The lowest BCUT2D eigenvalue weighted by Crippen LogP contribution is -2.63. The summed E-state index contributed by atoms with van der Waals surface area (Å²) >= 11 is 0. The Balaban J connectivity index is 1.45. The van der Waals surface area contributed by atoms with Crippen LogP contribution in [0.2, 0.25) is 0 Å². The Morgan fingerprint density at radius 1 is 1.13 bits per heavy atom. The molecule has 1 N–H and O–H groups in total. The molecule has 6 nitrogen and oxygen atoms in total. The Labute approximate surface area is 182 Å². The van der Waals surface area contributed by atoms with E-state index < -0.39 is 5.97 Å². The fourth-order valence-electron chi connectivity index (χ4n) is 4.86. The van der Waals surface area contributed by atoms with E-state index in [9.17, 15) is 14.0 Å². The average molecular weight is 426 g/mol. The highest BCUT2D eigenvalue weighted by atomic mass is 19.1. The van der Waals surface area contributed by atoms with Crippen molar-refractivity contribution in [2.75, 3.05) is 37.7 Å². The zero-order valence-electron chi connectivity index (χ0n) is 17.7. The predicted molar refractivity (Wildman–Crippen MR) is 116 cm³/mol. The summed E-state index contributed by atoms with van der Waals surface area (Å²) in [6, 6.07) is 16.9. The molecular weight excluding hydrogens is 397 g/mol. The standard InChI is InChI=1S/C24H28FN3O3/c1-2-31-21(29)16-26-23(30)27-13-11-24(12-14-27)17-28(20-10-6-9-19(25)15-20)22(24)18-7-4-3-5-8-18/h3-10,15,22H,2,11-14,16-17H2,1H3,(H,26,30)/t22-/m1/s1. The van der Waals surface area contributed by atoms with E-state index in [1.54, 1.807) is 24.0 Å². The Bertz CT molecular complexity index is 929. The number of likely N-dealkylation sites (tertiary alicyclic amines) is 1. The van der Waals surface area contributed by atoms with E-state index in [1.807, 2.05) is 24.3 Å². The van der Waals surface area contributed by atoms with E-state index in [4.69, 9.17) is 4.74 Å². The highest BCUT2D eigenvalue weighted by Crippen LogP contribution is 2.56. The summed E-state index contributed by atoms with van der Waals surface area (Å²) in [6.07, 6.45) is 1.70. The smallest absolute Gasteiger partial charge is 0.325 e. The molecule has 2 amide bonds. The van der Waals surface area contributed by atoms with Crippen molar-refractivity contribution in [3.05, 3.63) is 66.0 Å². The van der Waals surface area contributed by atoms with Crippen LogP contribution in [0, 0.1) is 11.2 Å². The number of ether oxygens (including phenoxy) is 1. The summed E-state index contributed by atoms with van der Waals surface area (Å²) in [5, 5.41) is 2.64. The highest BCUT2D eigenvalue weighted by molar-refractivity contribution is 5.81. The van der Waals surface area contributed by atoms with Crippen molar-refractivity contribution >= 4 is 17.7 Å². The summed E-state index contributed by atoms with van der Waals surface area (Å²) in [5.74, 6) is -0.670. The van der Waals surface area contributed by atoms with Gasteiger partial charge in [-0.3, -0.25) is 4.79 Å². The molecule has 2 aromatic carbocycles. The van der Waals surface area contributed by atoms with Crippen LogP contribution < -0.4 is 10.2 Å². The quantitative estimate of drug-likeness (QED) is 0.742. The zero-order valence-corrected chi connectivity index (χ0v) is 17.7. The van der Waals surface area contributed by atoms with Crippen LogP contribution in [0.1, 0.15) is 31.4 Å². The number of benzene rings is 2. The van der Waals surface area contributed by atoms with Crippen LogP contribution in [0.15, 0.2) is 54.6 Å². The molecule has 0 aliphatic carbocycles. The van der Waals surface area contributed by atoms with Gasteiger partial charge >= 0.3 is 12.0 Å². The van der Waals surface area contributed by atoms with Gasteiger partial charge in [-0.2, -0.15) is 0 Å². The van der Waals surface area contributed by atoms with E-state index in [-0.39, 0.29) is 29.8 Å². The lowest BCUT2D eigenvalue weighted by molar-refractivity contribution is -0.141. The second kappa shape index (κ2) is 8.96. The monoisotopic (exact) mass is 425 g/mol. The number of nitrogens with zero attached hydrogens (tertiary/aromatic N) is 2. The third kappa shape index (κ3) is 4.36. The van der Waals surface area contributed by atoms with E-state index in [0.717, 1.165) is 25.1 Å². The Hall–Kier alpha value is -3.09. The first-order valence-corrected chi connectivity index (χ1v) is 10.8. The molecule has 2 aliphatic rings. The maximum Gasteiger partial charge on any atom is 0.325 e. The highest BCUT2D eigenvalue weighted by Gasteiger charge is 2.54. The van der Waals surface area contributed by atoms with E-state index >= 15 is 0 Å². The maximum absolute atomic E-state index is 13.9. The molecule has 2 saturated heterocycles. The minimum Gasteiger partial charge on any atom is -0.465 e. The van der Waals surface area contributed by atoms with E-state index in [0.29, 0.717) is 19.7 Å². The van der Waals surface area contributed by atoms with Gasteiger partial charge in [0.25, 0.3) is 0 Å². The number of urea groups is 1. The molecule has 2 fully saturated rings. The zero-order chi connectivity index (χ0) is 21.8. The molecular formula is C24H28FN3O3. The lowest BCUT2D eigenvalue weighted by Gasteiger charge is -2.61. The lowest BCUT2D eigenvalue weighted by atomic mass is 9.63. The predicted octanol–water partition coefficient (Wildman–Crippen LogP) is 3.74. The topological polar surface area (TPSA) is 61.9 Å². The van der Waals surface area contributed by atoms with Crippen molar-refractivity contribution in [1.29, 1.82) is 0 Å². The minimum absolute atomic E-state index is 0.0333. The van der Waals surface area contributed by atoms with Crippen molar-refractivity contribution in [2.24, 2.45) is 5.41 Å². The number of piperidine rings is 1. The van der Waals surface area contributed by atoms with E-state index in [1.165, 1.54) is 11.6 Å². The summed E-state index contributed by atoms with van der Waals surface area (Å²) in [4.78, 5) is 28.0. The number of halogens is 1. The molecule has 0 radical (unpaired) electrons. The number of nitrogens with one attached hydrogen (secondary N) is 1. The van der Waals surface area contributed by atoms with Crippen molar-refractivity contribution < 1.29 is 18.7 Å². The number of hydrogen-bond acceptors (Lipinski definition) is 4. The fraction of sp³-hybridized carbons (Fsp3) is 0.417. The summed E-state index contributed by atoms with van der Waals surface area (Å²) in [7, 11) is 0. The second-order valence-corrected chi connectivity index (χ2v) is 8.23. The first-order valence-electron chi connectivity index (χ1n) is 10.8. The summed E-state index contributed by atoms with van der Waals surface area (Å²) in [6.45, 7) is 3.98. The normalized spacial score (nSPS) is 19.6. The fourth-order valence-corrected chi connectivity index (χ4v) is 4.86. The number of esters is 1. The van der Waals surface area contributed by atoms with Gasteiger partial charge in [-0.1, -0.05) is 36.4 Å². The van der Waals surface area contributed by atoms with Gasteiger partial charge in [-0.05, 0) is 43.5 Å². The van der Waals surface area contributed by atoms with Crippen molar-refractivity contribution in [3.63, 3.8) is 0 Å². The average Bonchev–Trinajstić information content (AvgIpc) is 2.77. The first-order chi connectivity index (χ1) is 15.0. The van der Waals surface area contributed by atoms with Crippen LogP contribution >= 0.6 is 0 Å². The molecule has 4 rings (SSSR count). The minimum atomic E-state index is -0.432. The molecule has 1 atom stereocenters. The Morgan fingerprint density at radius 3 is 2.55 bits per heavy atom. The number of amides is 2. The van der Waals surface area contributed by atoms with Crippen LogP contribution in [0.25, 0.3) is 0 Å². The van der Waals surface area contributed by atoms with Gasteiger partial charge in [0.05, 0.1) is 12.6 Å². The molecule has 31 heavy (non-hydrogen) atoms. The van der Waals surface area contributed by atoms with E-state index in [2.05, 4.69) is 22.3 Å². The number of carbonyl (C=O) groups is 2. The Morgan fingerprint density at radius 2 is 1.87 bits per heavy atom. The van der Waals surface area contributed by atoms with Gasteiger partial charge in [0, 0.05) is 30.7 Å². The third-order valence-corrected chi connectivity index (χ3v) is 6.37. The largest absolute Gasteiger partial charge is 0.465 e. The molecule has 2 heterocycles. The summed E-state index contributed by atoms with van der Waals surface area (Å²) in [5.41, 5.74) is 2.12. The molecule has 1 spiro atoms. The van der Waals surface area contributed by atoms with Crippen LogP contribution in [0.5, 0.6) is 0 Å². The number of rotatable bonds is 5. The SMILES string of the molecule is CCOC(=O)CNC(=O)N1CCC2(CC1)CN(c1cccc(F)c1)[C@@H]2c1ccccc1. The van der Waals surface area contributed by atoms with Crippen LogP contribution in [-0.4, -0.2) is 49.7 Å². The van der Waals surface area contributed by atoms with Crippen LogP contribution in [-0.2, 0) is 9.53 Å². The first kappa shape index (κ1) is 21.2. The molecule has 2 aromatic rings. The van der Waals surface area contributed by atoms with Gasteiger partial charge in [0.15, 0.2) is 0 Å². The summed E-state index contributed by atoms with van der Waals surface area (Å²) < 4.78 is 18.7. The molecule has 0 bridgehead atoms. The molecule has 0 aromatic heterocycles. The molecule has 7 heteroatoms. The molecule has 2 aliphatic heterocycles. The van der Waals surface area contributed by atoms with Gasteiger partial charge < -0.3 is 19.9 Å².